The highest BCUT2D eigenvalue weighted by molar-refractivity contribution is 7.94. The Kier molecular flexibility index (Phi) is 3.90. The maximum Gasteiger partial charge on any atom is 0.271 e. The van der Waals surface area contributed by atoms with Crippen molar-refractivity contribution in [1.82, 2.24) is 10.1 Å². The summed E-state index contributed by atoms with van der Waals surface area (Å²) in [5.41, 5.74) is 0.992. The molecule has 0 aliphatic rings. The molecule has 22 heavy (non-hydrogen) atoms. The van der Waals surface area contributed by atoms with Gasteiger partial charge in [-0.1, -0.05) is 22.8 Å². The standard InChI is InChI=1S/C13H10ClN3O3S2/c1-8-15-13(16-20-8)9-5-12(21-7-9)22(18,19)17-11-4-2-3-10(14)6-11/h2-7,17H,1H3. The molecule has 6 nitrogen and oxygen atoms in total. The highest BCUT2D eigenvalue weighted by Crippen LogP contribution is 2.28. The molecular weight excluding hydrogens is 346 g/mol. The molecule has 0 aliphatic carbocycles. The summed E-state index contributed by atoms with van der Waals surface area (Å²) in [6.07, 6.45) is 0. The van der Waals surface area contributed by atoms with E-state index < -0.39 is 10.0 Å². The molecular formula is C13H10ClN3O3S2. The Morgan fingerprint density at radius 1 is 1.32 bits per heavy atom. The van der Waals surface area contributed by atoms with E-state index in [2.05, 4.69) is 14.9 Å². The first-order chi connectivity index (χ1) is 10.4. The first-order valence-electron chi connectivity index (χ1n) is 6.12. The Morgan fingerprint density at radius 3 is 2.82 bits per heavy atom. The lowest BCUT2D eigenvalue weighted by atomic mass is 10.3. The molecule has 3 rings (SSSR count). The van der Waals surface area contributed by atoms with E-state index in [9.17, 15) is 8.42 Å². The Hall–Kier alpha value is -1.90. The molecule has 3 aromatic rings. The number of nitrogens with zero attached hydrogens (tertiary/aromatic N) is 2. The van der Waals surface area contributed by atoms with E-state index >= 15 is 0 Å². The van der Waals surface area contributed by atoms with Crippen LogP contribution in [0.1, 0.15) is 5.89 Å². The van der Waals surface area contributed by atoms with Crippen molar-refractivity contribution >= 4 is 38.6 Å². The molecule has 2 aromatic heterocycles. The fourth-order valence-corrected chi connectivity index (χ4v) is 4.15. The predicted molar refractivity (Wildman–Crippen MR) is 84.6 cm³/mol. The molecule has 0 bridgehead atoms. The Balaban J connectivity index is 1.88. The number of anilines is 1. The molecule has 1 aromatic carbocycles. The number of rotatable bonds is 4. The van der Waals surface area contributed by atoms with Crippen molar-refractivity contribution in [2.24, 2.45) is 0 Å². The third-order valence-corrected chi connectivity index (χ3v) is 5.76. The number of halogens is 1. The summed E-state index contributed by atoms with van der Waals surface area (Å²) in [5.74, 6) is 0.778. The normalized spacial score (nSPS) is 11.5. The van der Waals surface area contributed by atoms with Gasteiger partial charge >= 0.3 is 0 Å². The van der Waals surface area contributed by atoms with Gasteiger partial charge in [-0.25, -0.2) is 8.42 Å². The summed E-state index contributed by atoms with van der Waals surface area (Å²) in [5, 5.41) is 5.88. The second-order valence-corrected chi connectivity index (χ2v) is 7.66. The molecule has 0 spiro atoms. The lowest BCUT2D eigenvalue weighted by Crippen LogP contribution is -2.11. The van der Waals surface area contributed by atoms with Gasteiger partial charge in [0.25, 0.3) is 10.0 Å². The van der Waals surface area contributed by atoms with Gasteiger partial charge in [0.05, 0.1) is 5.69 Å². The molecule has 0 atom stereocenters. The SMILES string of the molecule is Cc1nc(-c2csc(S(=O)(=O)Nc3cccc(Cl)c3)c2)no1. The van der Waals surface area contributed by atoms with Crippen LogP contribution >= 0.6 is 22.9 Å². The maximum absolute atomic E-state index is 12.4. The molecule has 0 aliphatic heterocycles. The molecule has 2 heterocycles. The largest absolute Gasteiger partial charge is 0.339 e. The smallest absolute Gasteiger partial charge is 0.271 e. The van der Waals surface area contributed by atoms with Crippen molar-refractivity contribution < 1.29 is 12.9 Å². The molecule has 9 heteroatoms. The fourth-order valence-electron chi connectivity index (χ4n) is 1.75. The average Bonchev–Trinajstić information content (AvgIpc) is 3.06. The lowest BCUT2D eigenvalue weighted by molar-refractivity contribution is 0.394. The van der Waals surface area contributed by atoms with E-state index in [-0.39, 0.29) is 4.21 Å². The van der Waals surface area contributed by atoms with Crippen LogP contribution in [-0.2, 0) is 10.0 Å². The predicted octanol–water partition coefficient (Wildman–Crippen LogP) is 3.56. The lowest BCUT2D eigenvalue weighted by Gasteiger charge is -2.06. The zero-order valence-corrected chi connectivity index (χ0v) is 13.7. The molecule has 1 N–H and O–H groups in total. The molecule has 0 unspecified atom stereocenters. The van der Waals surface area contributed by atoms with Gasteiger partial charge in [-0.15, -0.1) is 11.3 Å². The number of nitrogens with one attached hydrogen (secondary N) is 1. The average molecular weight is 356 g/mol. The van der Waals surface area contributed by atoms with Crippen LogP contribution in [0.25, 0.3) is 11.4 Å². The van der Waals surface area contributed by atoms with Crippen LogP contribution in [0.5, 0.6) is 0 Å². The number of benzene rings is 1. The number of hydrogen-bond donors (Lipinski definition) is 1. The third kappa shape index (κ3) is 3.13. The minimum atomic E-state index is -3.69. The monoisotopic (exact) mass is 355 g/mol. The number of sulfonamides is 1. The molecule has 0 saturated carbocycles. The van der Waals surface area contributed by atoms with Gasteiger partial charge in [-0.05, 0) is 24.3 Å². The number of hydrogen-bond acceptors (Lipinski definition) is 6. The zero-order chi connectivity index (χ0) is 15.7. The van der Waals surface area contributed by atoms with Crippen LogP contribution in [0.2, 0.25) is 5.02 Å². The second-order valence-electron chi connectivity index (χ2n) is 4.41. The van der Waals surface area contributed by atoms with E-state index in [1.165, 1.54) is 12.1 Å². The van der Waals surface area contributed by atoms with E-state index in [1.54, 1.807) is 30.5 Å². The summed E-state index contributed by atoms with van der Waals surface area (Å²) in [4.78, 5) is 4.07. The van der Waals surface area contributed by atoms with E-state index in [0.717, 1.165) is 11.3 Å². The minimum Gasteiger partial charge on any atom is -0.339 e. The number of aromatic nitrogens is 2. The van der Waals surface area contributed by atoms with Crippen molar-refractivity contribution in [2.75, 3.05) is 4.72 Å². The quantitative estimate of drug-likeness (QED) is 0.773. The molecule has 0 amide bonds. The van der Waals surface area contributed by atoms with Crippen molar-refractivity contribution in [3.63, 3.8) is 0 Å². The van der Waals surface area contributed by atoms with Gasteiger partial charge in [0, 0.05) is 22.9 Å². The van der Waals surface area contributed by atoms with Gasteiger partial charge in [0.1, 0.15) is 4.21 Å². The second kappa shape index (κ2) is 5.71. The maximum atomic E-state index is 12.4. The van der Waals surface area contributed by atoms with Gasteiger partial charge in [0.2, 0.25) is 11.7 Å². The van der Waals surface area contributed by atoms with Gasteiger partial charge in [-0.3, -0.25) is 4.72 Å². The number of aryl methyl sites for hydroxylation is 1. The molecule has 114 valence electrons. The Bertz CT molecular complexity index is 918. The summed E-state index contributed by atoms with van der Waals surface area (Å²) in [6.45, 7) is 1.67. The van der Waals surface area contributed by atoms with Gasteiger partial charge in [0.15, 0.2) is 0 Å². The fraction of sp³-hybridized carbons (Fsp3) is 0.0769. The van der Waals surface area contributed by atoms with Gasteiger partial charge < -0.3 is 4.52 Å². The Morgan fingerprint density at radius 2 is 2.14 bits per heavy atom. The van der Waals surface area contributed by atoms with Crippen molar-refractivity contribution in [2.45, 2.75) is 11.1 Å². The van der Waals surface area contributed by atoms with Crippen LogP contribution < -0.4 is 4.72 Å². The third-order valence-electron chi connectivity index (χ3n) is 2.70. The van der Waals surface area contributed by atoms with Crippen LogP contribution in [0.3, 0.4) is 0 Å². The summed E-state index contributed by atoms with van der Waals surface area (Å²) < 4.78 is 32.2. The Labute approximate surface area is 135 Å². The molecule has 0 saturated heterocycles. The minimum absolute atomic E-state index is 0.157. The van der Waals surface area contributed by atoms with E-state index in [0.29, 0.717) is 28.0 Å². The van der Waals surface area contributed by atoms with Crippen LogP contribution in [-0.4, -0.2) is 18.6 Å². The number of thiophene rings is 1. The first kappa shape index (κ1) is 15.0. The van der Waals surface area contributed by atoms with E-state index in [1.807, 2.05) is 0 Å². The molecule has 0 fully saturated rings. The summed E-state index contributed by atoms with van der Waals surface area (Å²) in [6, 6.07) is 8.00. The van der Waals surface area contributed by atoms with Crippen LogP contribution in [0, 0.1) is 6.92 Å². The van der Waals surface area contributed by atoms with Crippen molar-refractivity contribution in [1.29, 1.82) is 0 Å². The summed E-state index contributed by atoms with van der Waals surface area (Å²) in [7, 11) is -3.69. The van der Waals surface area contributed by atoms with E-state index in [4.69, 9.17) is 16.1 Å². The summed E-state index contributed by atoms with van der Waals surface area (Å²) >= 11 is 6.93. The van der Waals surface area contributed by atoms with Crippen molar-refractivity contribution in [3.05, 3.63) is 46.6 Å². The first-order valence-corrected chi connectivity index (χ1v) is 8.86. The highest BCUT2D eigenvalue weighted by atomic mass is 35.5. The van der Waals surface area contributed by atoms with Crippen LogP contribution in [0.15, 0.2) is 44.4 Å². The van der Waals surface area contributed by atoms with Crippen molar-refractivity contribution in [3.8, 4) is 11.4 Å². The van der Waals surface area contributed by atoms with Gasteiger partial charge in [-0.2, -0.15) is 4.98 Å². The van der Waals surface area contributed by atoms with Crippen LogP contribution in [0.4, 0.5) is 5.69 Å². The molecule has 0 radical (unpaired) electrons. The topological polar surface area (TPSA) is 85.1 Å². The highest BCUT2D eigenvalue weighted by Gasteiger charge is 2.19. The zero-order valence-electron chi connectivity index (χ0n) is 11.3.